The monoisotopic (exact) mass is 416 g/mol. The van der Waals surface area contributed by atoms with E-state index >= 15 is 0 Å². The van der Waals surface area contributed by atoms with Crippen LogP contribution in [0, 0.1) is 11.6 Å². The number of amides is 2. The molecule has 0 unspecified atom stereocenters. The molecule has 0 spiro atoms. The molecule has 0 bridgehead atoms. The molecule has 0 aliphatic heterocycles. The number of anilines is 1. The van der Waals surface area contributed by atoms with Crippen LogP contribution in [0.25, 0.3) is 0 Å². The van der Waals surface area contributed by atoms with Gasteiger partial charge in [-0.25, -0.2) is 13.8 Å². The van der Waals surface area contributed by atoms with Gasteiger partial charge in [-0.2, -0.15) is 0 Å². The lowest BCUT2D eigenvalue weighted by Gasteiger charge is -2.08. The number of carbonyl (C=O) groups is 2. The van der Waals surface area contributed by atoms with Crippen LogP contribution in [0.4, 0.5) is 14.5 Å². The van der Waals surface area contributed by atoms with Gasteiger partial charge in [-0.15, -0.1) is 0 Å². The van der Waals surface area contributed by atoms with Gasteiger partial charge >= 0.3 is 0 Å². The molecule has 2 aromatic carbocycles. The Morgan fingerprint density at radius 1 is 1.14 bits per heavy atom. The second kappa shape index (κ2) is 9.33. The van der Waals surface area contributed by atoms with Crippen molar-refractivity contribution in [3.8, 4) is 0 Å². The quantitative estimate of drug-likeness (QED) is 0.617. The van der Waals surface area contributed by atoms with Crippen LogP contribution in [0.3, 0.4) is 0 Å². The highest BCUT2D eigenvalue weighted by molar-refractivity contribution is 7.99. The summed E-state index contributed by atoms with van der Waals surface area (Å²) in [6, 6.07) is 9.98. The summed E-state index contributed by atoms with van der Waals surface area (Å²) < 4.78 is 28.4. The van der Waals surface area contributed by atoms with Crippen molar-refractivity contribution in [3.05, 3.63) is 72.1 Å². The van der Waals surface area contributed by atoms with Gasteiger partial charge in [0.15, 0.2) is 5.16 Å². The van der Waals surface area contributed by atoms with E-state index in [1.807, 2.05) is 29.9 Å². The molecule has 3 aromatic rings. The Labute approximate surface area is 170 Å². The molecule has 0 aliphatic carbocycles. The molecule has 0 atom stereocenters. The van der Waals surface area contributed by atoms with E-state index < -0.39 is 17.5 Å². The lowest BCUT2D eigenvalue weighted by molar-refractivity contribution is -0.116. The number of rotatable bonds is 7. The number of imidazole rings is 1. The Balaban J connectivity index is 1.45. The summed E-state index contributed by atoms with van der Waals surface area (Å²) in [5.41, 5.74) is 0.350. The van der Waals surface area contributed by atoms with Gasteiger partial charge in [0, 0.05) is 49.1 Å². The standard InChI is InChI=1S/C20H18F2N4O2S/c1-26-11-10-24-20(26)29-15-5-3-14(4-6-15)25-18(27)8-9-23-19(28)16-7-2-13(21)12-17(16)22/h2-7,10-12H,8-9H2,1H3,(H,23,28)(H,25,27). The number of nitrogens with one attached hydrogen (secondary N) is 2. The fraction of sp³-hybridized carbons (Fsp3) is 0.150. The first-order valence-electron chi connectivity index (χ1n) is 8.71. The van der Waals surface area contributed by atoms with Crippen LogP contribution in [0.2, 0.25) is 0 Å². The van der Waals surface area contributed by atoms with E-state index in [9.17, 15) is 18.4 Å². The summed E-state index contributed by atoms with van der Waals surface area (Å²) in [5.74, 6) is -2.71. The number of aromatic nitrogens is 2. The van der Waals surface area contributed by atoms with Gasteiger partial charge in [-0.1, -0.05) is 11.8 Å². The molecule has 0 radical (unpaired) electrons. The lowest BCUT2D eigenvalue weighted by atomic mass is 10.2. The van der Waals surface area contributed by atoms with Gasteiger partial charge in [0.2, 0.25) is 5.91 Å². The third kappa shape index (κ3) is 5.64. The van der Waals surface area contributed by atoms with Crippen LogP contribution >= 0.6 is 11.8 Å². The summed E-state index contributed by atoms with van der Waals surface area (Å²) in [5, 5.41) is 6.02. The molecule has 6 nitrogen and oxygen atoms in total. The van der Waals surface area contributed by atoms with Crippen LogP contribution in [0.15, 0.2) is 64.9 Å². The van der Waals surface area contributed by atoms with Crippen molar-refractivity contribution in [2.45, 2.75) is 16.5 Å². The zero-order valence-corrected chi connectivity index (χ0v) is 16.3. The maximum atomic E-state index is 13.6. The Morgan fingerprint density at radius 3 is 2.55 bits per heavy atom. The zero-order chi connectivity index (χ0) is 20.8. The summed E-state index contributed by atoms with van der Waals surface area (Å²) in [4.78, 5) is 29.1. The third-order valence-corrected chi connectivity index (χ3v) is 5.02. The number of halogens is 2. The average Bonchev–Trinajstić information content (AvgIpc) is 3.08. The van der Waals surface area contributed by atoms with Crippen molar-refractivity contribution in [1.82, 2.24) is 14.9 Å². The number of hydrogen-bond donors (Lipinski definition) is 2. The fourth-order valence-electron chi connectivity index (χ4n) is 2.44. The largest absolute Gasteiger partial charge is 0.351 e. The molecule has 0 saturated carbocycles. The molecule has 29 heavy (non-hydrogen) atoms. The lowest BCUT2D eigenvalue weighted by Crippen LogP contribution is -2.28. The SMILES string of the molecule is Cn1ccnc1Sc1ccc(NC(=O)CCNC(=O)c2ccc(F)cc2F)cc1. The second-order valence-electron chi connectivity index (χ2n) is 6.13. The highest BCUT2D eigenvalue weighted by Crippen LogP contribution is 2.26. The predicted octanol–water partition coefficient (Wildman–Crippen LogP) is 3.61. The molecule has 150 valence electrons. The fourth-order valence-corrected chi connectivity index (χ4v) is 3.25. The first kappa shape index (κ1) is 20.5. The van der Waals surface area contributed by atoms with E-state index in [-0.39, 0.29) is 24.4 Å². The minimum atomic E-state index is -0.949. The second-order valence-corrected chi connectivity index (χ2v) is 7.17. The molecular weight excluding hydrogens is 398 g/mol. The molecule has 1 aromatic heterocycles. The Morgan fingerprint density at radius 2 is 1.90 bits per heavy atom. The van der Waals surface area contributed by atoms with E-state index in [0.717, 1.165) is 22.2 Å². The van der Waals surface area contributed by atoms with Crippen LogP contribution in [0.5, 0.6) is 0 Å². The summed E-state index contributed by atoms with van der Waals surface area (Å²) in [6.45, 7) is 0.0224. The summed E-state index contributed by atoms with van der Waals surface area (Å²) in [6.07, 6.45) is 3.60. The van der Waals surface area contributed by atoms with Gasteiger partial charge < -0.3 is 15.2 Å². The van der Waals surface area contributed by atoms with Crippen LogP contribution in [-0.4, -0.2) is 27.9 Å². The molecule has 0 saturated heterocycles. The van der Waals surface area contributed by atoms with Crippen LogP contribution in [0.1, 0.15) is 16.8 Å². The maximum Gasteiger partial charge on any atom is 0.254 e. The van der Waals surface area contributed by atoms with Gasteiger partial charge in [0.1, 0.15) is 11.6 Å². The molecule has 2 amide bonds. The van der Waals surface area contributed by atoms with Crippen molar-refractivity contribution < 1.29 is 18.4 Å². The van der Waals surface area contributed by atoms with E-state index in [1.54, 1.807) is 18.3 Å². The van der Waals surface area contributed by atoms with Crippen LogP contribution in [-0.2, 0) is 11.8 Å². The number of benzene rings is 2. The van der Waals surface area contributed by atoms with Crippen molar-refractivity contribution in [2.24, 2.45) is 7.05 Å². The summed E-state index contributed by atoms with van der Waals surface area (Å²) >= 11 is 1.50. The van der Waals surface area contributed by atoms with E-state index in [0.29, 0.717) is 11.8 Å². The maximum absolute atomic E-state index is 13.6. The smallest absolute Gasteiger partial charge is 0.254 e. The minimum absolute atomic E-state index is 0.0122. The minimum Gasteiger partial charge on any atom is -0.351 e. The van der Waals surface area contributed by atoms with E-state index in [1.165, 1.54) is 11.8 Å². The van der Waals surface area contributed by atoms with Crippen LogP contribution < -0.4 is 10.6 Å². The predicted molar refractivity (Wildman–Crippen MR) is 106 cm³/mol. The molecule has 3 rings (SSSR count). The highest BCUT2D eigenvalue weighted by Gasteiger charge is 2.12. The highest BCUT2D eigenvalue weighted by atomic mass is 32.2. The van der Waals surface area contributed by atoms with E-state index in [2.05, 4.69) is 15.6 Å². The van der Waals surface area contributed by atoms with E-state index in [4.69, 9.17) is 0 Å². The summed E-state index contributed by atoms with van der Waals surface area (Å²) in [7, 11) is 1.91. The topological polar surface area (TPSA) is 76.0 Å². The van der Waals surface area contributed by atoms with Gasteiger partial charge in [-0.3, -0.25) is 9.59 Å². The molecule has 2 N–H and O–H groups in total. The Hall–Kier alpha value is -3.20. The van der Waals surface area contributed by atoms with Crippen molar-refractivity contribution in [2.75, 3.05) is 11.9 Å². The van der Waals surface area contributed by atoms with Gasteiger partial charge in [-0.05, 0) is 36.4 Å². The van der Waals surface area contributed by atoms with Gasteiger partial charge in [0.25, 0.3) is 5.91 Å². The molecule has 1 heterocycles. The molecule has 9 heteroatoms. The normalized spacial score (nSPS) is 10.6. The number of hydrogen-bond acceptors (Lipinski definition) is 4. The molecule has 0 fully saturated rings. The third-order valence-electron chi connectivity index (χ3n) is 3.94. The van der Waals surface area contributed by atoms with Crippen molar-refractivity contribution >= 4 is 29.3 Å². The zero-order valence-electron chi connectivity index (χ0n) is 15.5. The molecular formula is C20H18F2N4O2S. The van der Waals surface area contributed by atoms with Gasteiger partial charge in [0.05, 0.1) is 5.56 Å². The molecule has 0 aliphatic rings. The number of carbonyl (C=O) groups excluding carboxylic acids is 2. The number of nitrogens with zero attached hydrogens (tertiary/aromatic N) is 2. The van der Waals surface area contributed by atoms with Crippen molar-refractivity contribution in [3.63, 3.8) is 0 Å². The Bertz CT molecular complexity index is 1020. The van der Waals surface area contributed by atoms with Crippen molar-refractivity contribution in [1.29, 1.82) is 0 Å². The average molecular weight is 416 g/mol. The first-order chi connectivity index (χ1) is 13.9. The first-order valence-corrected chi connectivity index (χ1v) is 9.52. The Kier molecular flexibility index (Phi) is 6.61. The number of aryl methyl sites for hydroxylation is 1.